The molecule has 10 heteroatoms. The first kappa shape index (κ1) is 30.2. The van der Waals surface area contributed by atoms with Crippen molar-refractivity contribution >= 4 is 39.5 Å². The van der Waals surface area contributed by atoms with E-state index in [1.54, 1.807) is 18.7 Å². The quantitative estimate of drug-likeness (QED) is 0.425. The fourth-order valence-electron chi connectivity index (χ4n) is 5.98. The van der Waals surface area contributed by atoms with Crippen molar-refractivity contribution in [3.05, 3.63) is 58.6 Å². The lowest BCUT2D eigenvalue weighted by Crippen LogP contribution is -2.50. The van der Waals surface area contributed by atoms with E-state index in [2.05, 4.69) is 37.9 Å². The summed E-state index contributed by atoms with van der Waals surface area (Å²) in [5, 5.41) is 9.32. The molecule has 1 aliphatic carbocycles. The third kappa shape index (κ3) is 7.38. The Morgan fingerprint density at radius 1 is 0.952 bits per heavy atom. The van der Waals surface area contributed by atoms with Crippen LogP contribution in [0.3, 0.4) is 0 Å². The molecule has 2 aromatic carbocycles. The highest BCUT2D eigenvalue weighted by atomic mass is 79.9. The average molecular weight is 642 g/mol. The molecule has 1 N–H and O–H groups in total. The lowest BCUT2D eigenvalue weighted by Gasteiger charge is -2.37. The number of carboxylic acid groups (broad SMARTS) is 1. The maximum atomic E-state index is 13.8. The van der Waals surface area contributed by atoms with Crippen LogP contribution in [-0.4, -0.2) is 88.6 Å². The summed E-state index contributed by atoms with van der Waals surface area (Å²) in [4.78, 5) is 45.9. The normalized spacial score (nSPS) is 19.7. The monoisotopic (exact) mass is 640 g/mol. The van der Waals surface area contributed by atoms with E-state index in [1.807, 2.05) is 36.4 Å². The number of carbonyl (C=O) groups is 3. The Kier molecular flexibility index (Phi) is 9.30. The molecule has 1 saturated carbocycles. The Bertz CT molecular complexity index is 1280. The van der Waals surface area contributed by atoms with Crippen molar-refractivity contribution in [2.45, 2.75) is 64.1 Å². The van der Waals surface area contributed by atoms with E-state index in [1.165, 1.54) is 4.90 Å². The van der Waals surface area contributed by atoms with Crippen LogP contribution in [0.1, 0.15) is 51.5 Å². The Morgan fingerprint density at radius 2 is 1.67 bits per heavy atom. The van der Waals surface area contributed by atoms with Crippen LogP contribution in [0, 0.1) is 5.92 Å². The number of amides is 3. The molecule has 2 aromatic rings. The molecule has 0 aromatic heterocycles. The molecule has 1 atom stereocenters. The van der Waals surface area contributed by atoms with Gasteiger partial charge in [0.05, 0.1) is 5.92 Å². The van der Waals surface area contributed by atoms with Gasteiger partial charge >= 0.3 is 6.09 Å². The summed E-state index contributed by atoms with van der Waals surface area (Å²) in [7, 11) is 0. The molecule has 0 radical (unpaired) electrons. The number of ether oxygens (including phenoxy) is 1. The lowest BCUT2D eigenvalue weighted by molar-refractivity contribution is -0.145. The summed E-state index contributed by atoms with van der Waals surface area (Å²) >= 11 is 3.50. The molecule has 5 rings (SSSR count). The molecule has 0 bridgehead atoms. The molecule has 2 aliphatic heterocycles. The summed E-state index contributed by atoms with van der Waals surface area (Å²) in [5.41, 5.74) is 1.01. The molecule has 0 unspecified atom stereocenters. The minimum atomic E-state index is -1.12. The van der Waals surface area contributed by atoms with Crippen LogP contribution in [0.2, 0.25) is 0 Å². The number of nitrogens with zero attached hydrogens (tertiary/aromatic N) is 4. The third-order valence-electron chi connectivity index (χ3n) is 8.43. The van der Waals surface area contributed by atoms with Gasteiger partial charge in [0.1, 0.15) is 5.75 Å². The van der Waals surface area contributed by atoms with Gasteiger partial charge in [0.15, 0.2) is 5.60 Å². The summed E-state index contributed by atoms with van der Waals surface area (Å²) in [6.45, 7) is 7.24. The van der Waals surface area contributed by atoms with Crippen LogP contribution in [0.5, 0.6) is 5.75 Å². The Morgan fingerprint density at radius 3 is 2.38 bits per heavy atom. The van der Waals surface area contributed by atoms with Crippen LogP contribution >= 0.6 is 15.9 Å². The first-order valence-corrected chi connectivity index (χ1v) is 15.8. The SMILES string of the molecule is CC(C)(Oc1cccc(N2CCC[C@@H](C(=O)N(Cc3ccc(Br)cc3)C3CC3)C2)c1)C(=O)N1CCCN(C(=O)O)CC1. The second-order valence-electron chi connectivity index (χ2n) is 12.1. The summed E-state index contributed by atoms with van der Waals surface area (Å²) in [6, 6.07) is 16.3. The van der Waals surface area contributed by atoms with Crippen molar-refractivity contribution < 1.29 is 24.2 Å². The first-order chi connectivity index (χ1) is 20.1. The van der Waals surface area contributed by atoms with Crippen molar-refractivity contribution in [1.29, 1.82) is 0 Å². The third-order valence-corrected chi connectivity index (χ3v) is 8.96. The van der Waals surface area contributed by atoms with Crippen LogP contribution in [0.25, 0.3) is 0 Å². The van der Waals surface area contributed by atoms with Crippen molar-refractivity contribution in [1.82, 2.24) is 14.7 Å². The van der Waals surface area contributed by atoms with E-state index in [-0.39, 0.29) is 17.7 Å². The summed E-state index contributed by atoms with van der Waals surface area (Å²) in [6.07, 6.45) is 3.60. The number of hydrogen-bond acceptors (Lipinski definition) is 5. The molecule has 226 valence electrons. The molecule has 3 aliphatic rings. The average Bonchev–Trinajstić information content (AvgIpc) is 3.84. The highest BCUT2D eigenvalue weighted by Crippen LogP contribution is 2.33. The van der Waals surface area contributed by atoms with Gasteiger partial charge in [0.25, 0.3) is 5.91 Å². The molecular weight excluding hydrogens is 600 g/mol. The van der Waals surface area contributed by atoms with Crippen LogP contribution in [0.15, 0.2) is 53.0 Å². The number of benzene rings is 2. The van der Waals surface area contributed by atoms with Crippen LogP contribution in [-0.2, 0) is 16.1 Å². The molecule has 3 fully saturated rings. The number of hydrogen-bond donors (Lipinski definition) is 1. The fraction of sp³-hybridized carbons (Fsp3) is 0.531. The zero-order chi connectivity index (χ0) is 29.9. The Balaban J connectivity index is 1.22. The highest BCUT2D eigenvalue weighted by molar-refractivity contribution is 9.10. The topological polar surface area (TPSA) is 93.6 Å². The first-order valence-electron chi connectivity index (χ1n) is 15.0. The maximum Gasteiger partial charge on any atom is 0.407 e. The molecular formula is C32H41BrN4O5. The second kappa shape index (κ2) is 12.9. The number of carbonyl (C=O) groups excluding carboxylic acids is 2. The molecule has 9 nitrogen and oxygen atoms in total. The number of halogens is 1. The molecule has 3 amide bonds. The van der Waals surface area contributed by atoms with Gasteiger partial charge in [-0.05, 0) is 75.8 Å². The lowest BCUT2D eigenvalue weighted by atomic mass is 9.95. The van der Waals surface area contributed by atoms with E-state index >= 15 is 0 Å². The smallest absolute Gasteiger partial charge is 0.407 e. The van der Waals surface area contributed by atoms with Crippen molar-refractivity contribution in [3.63, 3.8) is 0 Å². The van der Waals surface area contributed by atoms with Gasteiger partial charge in [-0.15, -0.1) is 0 Å². The van der Waals surface area contributed by atoms with Gasteiger partial charge < -0.3 is 29.4 Å². The zero-order valence-corrected chi connectivity index (χ0v) is 26.1. The minimum absolute atomic E-state index is 0.0641. The predicted molar refractivity (Wildman–Crippen MR) is 165 cm³/mol. The number of rotatable bonds is 8. The van der Waals surface area contributed by atoms with E-state index in [4.69, 9.17) is 4.74 Å². The van der Waals surface area contributed by atoms with Gasteiger partial charge in [-0.25, -0.2) is 4.79 Å². The maximum absolute atomic E-state index is 13.8. The highest BCUT2D eigenvalue weighted by Gasteiger charge is 2.38. The number of anilines is 1. The van der Waals surface area contributed by atoms with Gasteiger partial charge in [-0.1, -0.05) is 34.1 Å². The van der Waals surface area contributed by atoms with Crippen molar-refractivity contribution in [3.8, 4) is 5.75 Å². The second-order valence-corrected chi connectivity index (χ2v) is 13.0. The van der Waals surface area contributed by atoms with E-state index < -0.39 is 11.7 Å². The van der Waals surface area contributed by atoms with Gasteiger partial charge in [0, 0.05) is 68.1 Å². The Labute approximate surface area is 256 Å². The predicted octanol–water partition coefficient (Wildman–Crippen LogP) is 5.23. The standard InChI is InChI=1S/C32H41BrN4O5/c1-32(2,30(39)34-16-5-17-35(19-18-34)31(40)41)42-28-8-3-7-27(20-28)36-15-4-6-24(22-36)29(38)37(26-13-14-26)21-23-9-11-25(33)12-10-23/h3,7-12,20,24,26H,4-6,13-19,21-22H2,1-2H3,(H,40,41)/t24-/m1/s1. The zero-order valence-electron chi connectivity index (χ0n) is 24.5. The fourth-order valence-corrected chi connectivity index (χ4v) is 6.25. The number of piperidine rings is 1. The summed E-state index contributed by atoms with van der Waals surface area (Å²) in [5.74, 6) is 0.611. The molecule has 2 heterocycles. The molecule has 42 heavy (non-hydrogen) atoms. The minimum Gasteiger partial charge on any atom is -0.478 e. The van der Waals surface area contributed by atoms with E-state index in [0.717, 1.165) is 48.0 Å². The molecule has 2 saturated heterocycles. The van der Waals surface area contributed by atoms with Crippen LogP contribution < -0.4 is 9.64 Å². The van der Waals surface area contributed by atoms with Crippen molar-refractivity contribution in [2.75, 3.05) is 44.2 Å². The largest absolute Gasteiger partial charge is 0.478 e. The Hall–Kier alpha value is -3.27. The van der Waals surface area contributed by atoms with Gasteiger partial charge in [-0.3, -0.25) is 9.59 Å². The molecule has 0 spiro atoms. The van der Waals surface area contributed by atoms with Gasteiger partial charge in [0.2, 0.25) is 5.91 Å². The van der Waals surface area contributed by atoms with Crippen LogP contribution in [0.4, 0.5) is 10.5 Å². The summed E-state index contributed by atoms with van der Waals surface area (Å²) < 4.78 is 7.30. The van der Waals surface area contributed by atoms with E-state index in [9.17, 15) is 19.5 Å². The van der Waals surface area contributed by atoms with E-state index in [0.29, 0.717) is 57.5 Å². The van der Waals surface area contributed by atoms with Gasteiger partial charge in [-0.2, -0.15) is 0 Å². The van der Waals surface area contributed by atoms with Crippen molar-refractivity contribution in [2.24, 2.45) is 5.92 Å².